The van der Waals surface area contributed by atoms with Gasteiger partial charge in [0, 0.05) is 42.6 Å². The van der Waals surface area contributed by atoms with Crippen LogP contribution in [0.4, 0.5) is 9.18 Å². The average molecular weight is 871 g/mol. The van der Waals surface area contributed by atoms with E-state index in [9.17, 15) is 19.4 Å². The van der Waals surface area contributed by atoms with Gasteiger partial charge in [0.2, 0.25) is 5.79 Å². The molecule has 1 aliphatic heterocycles. The van der Waals surface area contributed by atoms with Crippen molar-refractivity contribution in [3.05, 3.63) is 121 Å². The number of aliphatic hydroxyl groups excluding tert-OH is 2. The van der Waals surface area contributed by atoms with E-state index in [2.05, 4.69) is 25.3 Å². The predicted molar refractivity (Wildman–Crippen MR) is 242 cm³/mol. The monoisotopic (exact) mass is 870 g/mol. The van der Waals surface area contributed by atoms with Crippen LogP contribution in [0, 0.1) is 23.6 Å². The van der Waals surface area contributed by atoms with Crippen LogP contribution in [0.1, 0.15) is 89.2 Å². The Hall–Kier alpha value is -4.62. The first-order chi connectivity index (χ1) is 29.9. The third kappa shape index (κ3) is 11.1. The Morgan fingerprint density at radius 3 is 2.35 bits per heavy atom. The molecule has 1 heterocycles. The number of nitrogens with zero attached hydrogens (tertiary/aromatic N) is 2. The summed E-state index contributed by atoms with van der Waals surface area (Å²) in [5, 5.41) is 24.8. The van der Waals surface area contributed by atoms with Gasteiger partial charge in [-0.3, -0.25) is 4.90 Å². The lowest BCUT2D eigenvalue weighted by molar-refractivity contribution is -0.256. The fraction of sp³-hybridized carbons (Fsp3) is 0.480. The molecular weight excluding hydrogens is 808 g/mol. The Balaban J connectivity index is 1.61. The molecule has 1 saturated carbocycles. The molecule has 0 saturated heterocycles. The Bertz CT molecular complexity index is 2030. The Kier molecular flexibility index (Phi) is 16.4. The first-order valence-corrected chi connectivity index (χ1v) is 23.0. The van der Waals surface area contributed by atoms with Crippen molar-refractivity contribution >= 4 is 23.6 Å². The molecule has 3 aromatic rings. The van der Waals surface area contributed by atoms with E-state index in [0.29, 0.717) is 47.8 Å². The molecule has 0 unspecified atom stereocenters. The minimum Gasteiger partial charge on any atom is -0.459 e. The number of rotatable bonds is 21. The summed E-state index contributed by atoms with van der Waals surface area (Å²) in [5.41, 5.74) is 2.57. The van der Waals surface area contributed by atoms with Crippen molar-refractivity contribution in [3.8, 4) is 17.2 Å². The normalized spacial score (nSPS) is 23.3. The van der Waals surface area contributed by atoms with E-state index in [4.69, 9.17) is 28.9 Å². The topological polar surface area (TPSA) is 119 Å². The minimum absolute atomic E-state index is 0.0214. The lowest BCUT2D eigenvalue weighted by atomic mass is 9.55. The highest BCUT2D eigenvalue weighted by Crippen LogP contribution is 2.62. The van der Waals surface area contributed by atoms with E-state index in [0.717, 1.165) is 41.7 Å². The highest BCUT2D eigenvalue weighted by molar-refractivity contribution is 7.98. The van der Waals surface area contributed by atoms with Gasteiger partial charge in [-0.25, -0.2) is 9.18 Å². The largest absolute Gasteiger partial charge is 0.459 e. The summed E-state index contributed by atoms with van der Waals surface area (Å²) in [7, 11) is 0. The zero-order valence-corrected chi connectivity index (χ0v) is 37.4. The third-order valence-corrected chi connectivity index (χ3v) is 12.5. The highest BCUT2D eigenvalue weighted by Gasteiger charge is 2.65. The van der Waals surface area contributed by atoms with Crippen LogP contribution in [0.5, 0.6) is 17.2 Å². The SMILES string of the molecule is C=CCCOC(=O)N(Cc1ccc(F)cc1)[C@H]1CC(=NOC(C)(C)C)C2=C[C@H](CCCCO)[C@@H](CCCCO)[C@@H]3c4cc(Oc5ccc(SC)cc5)ccc4O[C@@]1(OCC=C)[C@H]23. The lowest BCUT2D eigenvalue weighted by Gasteiger charge is -2.60. The number of carbonyl (C=O) groups is 1. The molecule has 0 bridgehead atoms. The number of benzene rings is 3. The van der Waals surface area contributed by atoms with E-state index in [1.165, 1.54) is 12.1 Å². The highest BCUT2D eigenvalue weighted by atomic mass is 32.2. The van der Waals surface area contributed by atoms with Gasteiger partial charge >= 0.3 is 6.09 Å². The summed E-state index contributed by atoms with van der Waals surface area (Å²) in [6.45, 7) is 14.1. The molecule has 2 N–H and O–H groups in total. The van der Waals surface area contributed by atoms with Gasteiger partial charge in [0.1, 0.15) is 34.7 Å². The van der Waals surface area contributed by atoms with E-state index < -0.39 is 29.4 Å². The fourth-order valence-electron chi connectivity index (χ4n) is 9.08. The molecule has 10 nitrogen and oxygen atoms in total. The maximum Gasteiger partial charge on any atom is 0.410 e. The number of amides is 1. The summed E-state index contributed by atoms with van der Waals surface area (Å²) in [5.74, 6) is -0.657. The van der Waals surface area contributed by atoms with Crippen LogP contribution in [0.2, 0.25) is 0 Å². The molecule has 0 spiro atoms. The molecule has 2 aliphatic carbocycles. The molecule has 6 rings (SSSR count). The minimum atomic E-state index is -1.50. The van der Waals surface area contributed by atoms with E-state index in [1.807, 2.05) is 63.4 Å². The number of carbonyl (C=O) groups excluding carboxylic acids is 1. The summed E-state index contributed by atoms with van der Waals surface area (Å²) in [6, 6.07) is 19.1. The van der Waals surface area contributed by atoms with Crippen LogP contribution in [0.15, 0.2) is 114 Å². The predicted octanol–water partition coefficient (Wildman–Crippen LogP) is 11.0. The number of thioether (sulfide) groups is 1. The Morgan fingerprint density at radius 2 is 1.69 bits per heavy atom. The van der Waals surface area contributed by atoms with Crippen LogP contribution in [0.25, 0.3) is 0 Å². The fourth-order valence-corrected chi connectivity index (χ4v) is 9.49. The summed E-state index contributed by atoms with van der Waals surface area (Å²) >= 11 is 1.66. The molecule has 12 heteroatoms. The van der Waals surface area contributed by atoms with Gasteiger partial charge in [-0.2, -0.15) is 0 Å². The van der Waals surface area contributed by atoms with Gasteiger partial charge in [0.05, 0.1) is 24.8 Å². The van der Waals surface area contributed by atoms with E-state index >= 15 is 0 Å². The zero-order chi connectivity index (χ0) is 44.3. The molecule has 1 amide bonds. The molecule has 0 radical (unpaired) electrons. The Morgan fingerprint density at radius 1 is 0.984 bits per heavy atom. The second kappa shape index (κ2) is 21.6. The molecule has 1 fully saturated rings. The first-order valence-electron chi connectivity index (χ1n) is 21.8. The number of ether oxygens (including phenoxy) is 4. The van der Waals surface area contributed by atoms with Crippen LogP contribution in [-0.2, 0) is 20.9 Å². The average Bonchev–Trinajstić information content (AvgIpc) is 3.26. The molecule has 62 heavy (non-hydrogen) atoms. The number of aliphatic hydroxyl groups is 2. The lowest BCUT2D eigenvalue weighted by Crippen LogP contribution is -2.70. The van der Waals surface area contributed by atoms with Gasteiger partial charge < -0.3 is 34.0 Å². The zero-order valence-electron chi connectivity index (χ0n) is 36.6. The number of fused-ring (bicyclic) bond motifs is 2. The number of oxime groups is 1. The second-order valence-corrected chi connectivity index (χ2v) is 18.1. The quantitative estimate of drug-likeness (QED) is 0.0467. The number of unbranched alkanes of at least 4 members (excludes halogenated alkanes) is 2. The molecule has 6 atom stereocenters. The molecular formula is C50H63FN2O8S. The number of hydrogen-bond donors (Lipinski definition) is 2. The second-order valence-electron chi connectivity index (χ2n) is 17.2. The van der Waals surface area contributed by atoms with Gasteiger partial charge in [-0.15, -0.1) is 24.9 Å². The molecule has 3 aliphatic rings. The number of allylic oxidation sites excluding steroid dienone is 1. The van der Waals surface area contributed by atoms with Gasteiger partial charge in [-0.05, 0) is 137 Å². The van der Waals surface area contributed by atoms with Crippen molar-refractivity contribution in [2.24, 2.45) is 22.9 Å². The van der Waals surface area contributed by atoms with Crippen molar-refractivity contribution in [1.82, 2.24) is 4.90 Å². The maximum absolute atomic E-state index is 14.6. The van der Waals surface area contributed by atoms with Gasteiger partial charge in [0.25, 0.3) is 0 Å². The van der Waals surface area contributed by atoms with Crippen LogP contribution < -0.4 is 9.47 Å². The van der Waals surface area contributed by atoms with Gasteiger partial charge in [0.15, 0.2) is 0 Å². The molecule has 3 aromatic carbocycles. The summed E-state index contributed by atoms with van der Waals surface area (Å²) in [6.07, 6.45) is 12.3. The van der Waals surface area contributed by atoms with E-state index in [1.54, 1.807) is 40.9 Å². The van der Waals surface area contributed by atoms with Crippen LogP contribution in [-0.4, -0.2) is 77.0 Å². The Labute approximate surface area is 370 Å². The van der Waals surface area contributed by atoms with Crippen molar-refractivity contribution in [2.45, 2.75) is 107 Å². The standard InChI is InChI=1S/C50H63FN2O8S/c1-7-9-29-57-48(56)53(33-34-16-18-36(51)19-17-34)45-32-43(52-61-49(3,4)5)41-30-35(14-10-12-26-54)40(15-11-13-27-55)46-42-31-38(59-37-20-23-39(62-6)24-21-37)22-25-44(42)60-50(45,47(41)46)58-28-8-2/h7-8,16-25,30-31,35,40,45-47,54-55H,1-2,9-15,26-29,32-33H2,3-6H3/t35-,40+,45-,46+,47+,50+/m0/s1. The van der Waals surface area contributed by atoms with Crippen molar-refractivity contribution in [1.29, 1.82) is 0 Å². The van der Waals surface area contributed by atoms with Crippen molar-refractivity contribution in [3.63, 3.8) is 0 Å². The van der Waals surface area contributed by atoms with E-state index in [-0.39, 0.29) is 63.0 Å². The third-order valence-electron chi connectivity index (χ3n) is 11.8. The molecule has 0 aromatic heterocycles. The van der Waals surface area contributed by atoms with Crippen LogP contribution >= 0.6 is 11.8 Å². The first kappa shape index (κ1) is 46.9. The number of halogens is 1. The van der Waals surface area contributed by atoms with Crippen molar-refractivity contribution in [2.75, 3.05) is 32.7 Å². The summed E-state index contributed by atoms with van der Waals surface area (Å²) < 4.78 is 41.2. The maximum atomic E-state index is 14.6. The van der Waals surface area contributed by atoms with Crippen LogP contribution in [0.3, 0.4) is 0 Å². The van der Waals surface area contributed by atoms with Gasteiger partial charge in [-0.1, -0.05) is 48.4 Å². The molecule has 334 valence electrons. The smallest absolute Gasteiger partial charge is 0.410 e. The van der Waals surface area contributed by atoms with Crippen molar-refractivity contribution < 1.29 is 43.2 Å². The summed E-state index contributed by atoms with van der Waals surface area (Å²) in [4.78, 5) is 23.6. The number of hydrogen-bond acceptors (Lipinski definition) is 10.